The minimum absolute atomic E-state index is 0.0419. The third kappa shape index (κ3) is 2.26. The lowest BCUT2D eigenvalue weighted by Gasteiger charge is -2.31. The number of rotatable bonds is 3. The fourth-order valence-electron chi connectivity index (χ4n) is 2.43. The number of β-lactam (4-membered cyclic amide) rings is 1. The van der Waals surface area contributed by atoms with Crippen molar-refractivity contribution < 1.29 is 17.9 Å². The molecule has 0 spiro atoms. The molecule has 0 bridgehead atoms. The summed E-state index contributed by atoms with van der Waals surface area (Å²) in [6, 6.07) is 6.78. The highest BCUT2D eigenvalue weighted by molar-refractivity contribution is 7.91. The molecule has 0 aromatic heterocycles. The summed E-state index contributed by atoms with van der Waals surface area (Å²) in [4.78, 5) is 13.1. The number of hydrogen-bond donors (Lipinski definition) is 0. The van der Waals surface area contributed by atoms with Gasteiger partial charge in [-0.3, -0.25) is 4.79 Å². The number of nitrogens with zero attached hydrogens (tertiary/aromatic N) is 1. The molecule has 6 heteroatoms. The van der Waals surface area contributed by atoms with Gasteiger partial charge in [-0.25, -0.2) is 8.42 Å². The van der Waals surface area contributed by atoms with Crippen molar-refractivity contribution in [3.8, 4) is 0 Å². The first-order chi connectivity index (χ1) is 8.95. The average molecular weight is 281 g/mol. The van der Waals surface area contributed by atoms with Crippen LogP contribution in [0.4, 0.5) is 0 Å². The van der Waals surface area contributed by atoms with Crippen molar-refractivity contribution in [3.63, 3.8) is 0 Å². The molecule has 2 fully saturated rings. The molecule has 2 atom stereocenters. The summed E-state index contributed by atoms with van der Waals surface area (Å²) in [6.07, 6.45) is -0.241. The molecule has 1 aromatic rings. The molecule has 2 unspecified atom stereocenters. The Kier molecular flexibility index (Phi) is 2.87. The molecule has 1 amide bonds. The number of aryl methyl sites for hydroxylation is 1. The molecule has 0 aliphatic carbocycles. The largest absolute Gasteiger partial charge is 0.352 e. The molecular weight excluding hydrogens is 266 g/mol. The third-order valence-electron chi connectivity index (χ3n) is 3.55. The van der Waals surface area contributed by atoms with Gasteiger partial charge in [-0.1, -0.05) is 17.7 Å². The normalized spacial score (nSPS) is 26.2. The summed E-state index contributed by atoms with van der Waals surface area (Å²) in [6.45, 7) is 2.29. The Bertz CT molecular complexity index is 608. The summed E-state index contributed by atoms with van der Waals surface area (Å²) in [7, 11) is -3.36. The zero-order chi connectivity index (χ0) is 13.6. The lowest BCUT2D eigenvalue weighted by Crippen LogP contribution is -2.48. The lowest BCUT2D eigenvalue weighted by molar-refractivity contribution is -0.156. The minimum atomic E-state index is -3.36. The van der Waals surface area contributed by atoms with E-state index in [4.69, 9.17) is 4.74 Å². The Morgan fingerprint density at radius 3 is 2.58 bits per heavy atom. The Morgan fingerprint density at radius 2 is 2.00 bits per heavy atom. The maximum atomic E-state index is 12.2. The van der Waals surface area contributed by atoms with Crippen LogP contribution in [0.25, 0.3) is 0 Å². The average Bonchev–Trinajstić information content (AvgIpc) is 2.66. The molecule has 5 nitrogen and oxygen atoms in total. The molecule has 0 saturated carbocycles. The van der Waals surface area contributed by atoms with E-state index in [0.717, 1.165) is 5.56 Å². The van der Waals surface area contributed by atoms with Crippen LogP contribution in [0.15, 0.2) is 29.2 Å². The second kappa shape index (κ2) is 4.31. The van der Waals surface area contributed by atoms with Crippen LogP contribution in [-0.2, 0) is 19.4 Å². The fraction of sp³-hybridized carbons (Fsp3) is 0.462. The summed E-state index contributed by atoms with van der Waals surface area (Å²) >= 11 is 0. The molecule has 2 saturated heterocycles. The van der Waals surface area contributed by atoms with Gasteiger partial charge in [0.1, 0.15) is 6.23 Å². The van der Waals surface area contributed by atoms with E-state index < -0.39 is 15.9 Å². The molecule has 102 valence electrons. The van der Waals surface area contributed by atoms with Crippen molar-refractivity contribution in [2.45, 2.75) is 30.6 Å². The molecule has 3 rings (SSSR count). The summed E-state index contributed by atoms with van der Waals surface area (Å²) in [5.74, 6) is -0.0312. The van der Waals surface area contributed by atoms with E-state index >= 15 is 0 Å². The zero-order valence-electron chi connectivity index (χ0n) is 10.6. The number of amides is 1. The lowest BCUT2D eigenvalue weighted by atomic mass is 10.2. The molecule has 0 N–H and O–H groups in total. The quantitative estimate of drug-likeness (QED) is 0.766. The smallest absolute Gasteiger partial charge is 0.229 e. The predicted molar refractivity (Wildman–Crippen MR) is 68.2 cm³/mol. The highest BCUT2D eigenvalue weighted by atomic mass is 32.2. The van der Waals surface area contributed by atoms with Gasteiger partial charge in [-0.15, -0.1) is 0 Å². The van der Waals surface area contributed by atoms with E-state index in [1.165, 1.54) is 0 Å². The molecule has 0 radical (unpaired) electrons. The maximum Gasteiger partial charge on any atom is 0.229 e. The SMILES string of the molecule is Cc1ccc(S(=O)(=O)CC2CN3C(=O)CC3O2)cc1. The Balaban J connectivity index is 1.72. The first-order valence-corrected chi connectivity index (χ1v) is 7.85. The Hall–Kier alpha value is -1.40. The monoisotopic (exact) mass is 281 g/mol. The third-order valence-corrected chi connectivity index (χ3v) is 5.35. The van der Waals surface area contributed by atoms with Gasteiger partial charge in [-0.2, -0.15) is 0 Å². The molecule has 2 aliphatic heterocycles. The van der Waals surface area contributed by atoms with Crippen molar-refractivity contribution in [2.75, 3.05) is 12.3 Å². The van der Waals surface area contributed by atoms with Gasteiger partial charge in [0.25, 0.3) is 0 Å². The van der Waals surface area contributed by atoms with Gasteiger partial charge in [0, 0.05) is 0 Å². The number of hydrogen-bond acceptors (Lipinski definition) is 4. The van der Waals surface area contributed by atoms with Crippen LogP contribution in [0.1, 0.15) is 12.0 Å². The molecule has 1 aromatic carbocycles. The van der Waals surface area contributed by atoms with E-state index in [1.807, 2.05) is 6.92 Å². The van der Waals surface area contributed by atoms with Gasteiger partial charge in [-0.05, 0) is 19.1 Å². The highest BCUT2D eigenvalue weighted by Crippen LogP contribution is 2.29. The van der Waals surface area contributed by atoms with Gasteiger partial charge in [0.15, 0.2) is 9.84 Å². The van der Waals surface area contributed by atoms with Crippen LogP contribution in [-0.4, -0.2) is 43.9 Å². The first kappa shape index (κ1) is 12.6. The predicted octanol–water partition coefficient (Wildman–Crippen LogP) is 0.726. The summed E-state index contributed by atoms with van der Waals surface area (Å²) in [5.41, 5.74) is 1.02. The van der Waals surface area contributed by atoms with Crippen molar-refractivity contribution in [3.05, 3.63) is 29.8 Å². The van der Waals surface area contributed by atoms with Crippen LogP contribution in [0.5, 0.6) is 0 Å². The Labute approximate surface area is 112 Å². The molecule has 2 heterocycles. The number of ether oxygens (including phenoxy) is 1. The summed E-state index contributed by atoms with van der Waals surface area (Å²) in [5, 5.41) is 0. The number of sulfone groups is 1. The maximum absolute atomic E-state index is 12.2. The fourth-order valence-corrected chi connectivity index (χ4v) is 3.85. The zero-order valence-corrected chi connectivity index (χ0v) is 11.4. The second-order valence-corrected chi connectivity index (χ2v) is 7.09. The molecular formula is C13H15NO4S. The summed E-state index contributed by atoms with van der Waals surface area (Å²) < 4.78 is 30.0. The van der Waals surface area contributed by atoms with Crippen LogP contribution in [0.3, 0.4) is 0 Å². The number of carbonyl (C=O) groups is 1. The van der Waals surface area contributed by atoms with E-state index in [1.54, 1.807) is 29.2 Å². The van der Waals surface area contributed by atoms with Gasteiger partial charge in [0.2, 0.25) is 5.91 Å². The van der Waals surface area contributed by atoms with Gasteiger partial charge >= 0.3 is 0 Å². The first-order valence-electron chi connectivity index (χ1n) is 6.20. The standard InChI is InChI=1S/C13H15NO4S/c1-9-2-4-11(5-3-9)19(16,17)8-10-7-14-12(15)6-13(14)18-10/h2-5,10,13H,6-8H2,1H3. The van der Waals surface area contributed by atoms with E-state index in [9.17, 15) is 13.2 Å². The van der Waals surface area contributed by atoms with Crippen molar-refractivity contribution in [2.24, 2.45) is 0 Å². The molecule has 2 aliphatic rings. The van der Waals surface area contributed by atoms with Gasteiger partial charge in [0.05, 0.1) is 29.7 Å². The topological polar surface area (TPSA) is 63.7 Å². The number of fused-ring (bicyclic) bond motifs is 1. The minimum Gasteiger partial charge on any atom is -0.352 e. The number of benzene rings is 1. The van der Waals surface area contributed by atoms with Gasteiger partial charge < -0.3 is 9.64 Å². The van der Waals surface area contributed by atoms with Crippen molar-refractivity contribution in [1.29, 1.82) is 0 Å². The van der Waals surface area contributed by atoms with Crippen LogP contribution < -0.4 is 0 Å². The Morgan fingerprint density at radius 1 is 1.32 bits per heavy atom. The van der Waals surface area contributed by atoms with Crippen LogP contribution in [0.2, 0.25) is 0 Å². The number of carbonyl (C=O) groups excluding carboxylic acids is 1. The highest BCUT2D eigenvalue weighted by Gasteiger charge is 2.46. The van der Waals surface area contributed by atoms with Crippen molar-refractivity contribution >= 4 is 15.7 Å². The van der Waals surface area contributed by atoms with E-state index in [2.05, 4.69) is 0 Å². The molecule has 19 heavy (non-hydrogen) atoms. The second-order valence-electron chi connectivity index (χ2n) is 5.06. The van der Waals surface area contributed by atoms with E-state index in [-0.39, 0.29) is 17.9 Å². The van der Waals surface area contributed by atoms with Crippen molar-refractivity contribution in [1.82, 2.24) is 4.90 Å². The van der Waals surface area contributed by atoms with E-state index in [0.29, 0.717) is 17.9 Å². The van der Waals surface area contributed by atoms with Crippen LogP contribution >= 0.6 is 0 Å². The van der Waals surface area contributed by atoms with Crippen LogP contribution in [0, 0.1) is 6.92 Å².